The average Bonchev–Trinajstić information content (AvgIpc) is 3.48. The van der Waals surface area contributed by atoms with Gasteiger partial charge in [0.05, 0.1) is 0 Å². The topological polar surface area (TPSA) is 117 Å². The average molecular weight is 523 g/mol. The SMILES string of the molecule is Cn1c(SCCCNCCCC2Cc3ccccc3C2)nnc1-c1ccccc1.O=C(O)C=CC(=O)O. The highest BCUT2D eigenvalue weighted by molar-refractivity contribution is 7.99. The van der Waals surface area contributed by atoms with Gasteiger partial charge in [0, 0.05) is 30.5 Å². The molecule has 0 saturated heterocycles. The third-order valence-corrected chi connectivity index (χ3v) is 7.17. The minimum atomic E-state index is -1.26. The summed E-state index contributed by atoms with van der Waals surface area (Å²) in [5, 5.41) is 28.9. The molecule has 0 spiro atoms. The Hall–Kier alpha value is -3.43. The first kappa shape index (κ1) is 28.1. The van der Waals surface area contributed by atoms with E-state index in [0.29, 0.717) is 12.2 Å². The zero-order chi connectivity index (χ0) is 26.5. The first-order chi connectivity index (χ1) is 17.9. The van der Waals surface area contributed by atoms with Gasteiger partial charge in [-0.1, -0.05) is 66.4 Å². The number of nitrogens with one attached hydrogen (secondary N) is 1. The summed E-state index contributed by atoms with van der Waals surface area (Å²) < 4.78 is 2.09. The third kappa shape index (κ3) is 9.51. The molecule has 0 radical (unpaired) electrons. The second kappa shape index (κ2) is 15.0. The van der Waals surface area contributed by atoms with Crippen molar-refractivity contribution in [1.82, 2.24) is 20.1 Å². The minimum Gasteiger partial charge on any atom is -0.478 e. The lowest BCUT2D eigenvalue weighted by Gasteiger charge is -2.09. The Kier molecular flexibility index (Phi) is 11.4. The van der Waals surface area contributed by atoms with Crippen LogP contribution in [0.15, 0.2) is 71.9 Å². The van der Waals surface area contributed by atoms with Gasteiger partial charge in [-0.25, -0.2) is 9.59 Å². The molecule has 0 aliphatic heterocycles. The molecule has 0 amide bonds. The van der Waals surface area contributed by atoms with Crippen molar-refractivity contribution < 1.29 is 19.8 Å². The summed E-state index contributed by atoms with van der Waals surface area (Å²) in [6.07, 6.45) is 7.41. The smallest absolute Gasteiger partial charge is 0.328 e. The van der Waals surface area contributed by atoms with Crippen LogP contribution in [0.5, 0.6) is 0 Å². The monoisotopic (exact) mass is 522 g/mol. The van der Waals surface area contributed by atoms with E-state index in [1.165, 1.54) is 25.7 Å². The van der Waals surface area contributed by atoms with E-state index in [0.717, 1.165) is 47.7 Å². The number of rotatable bonds is 12. The zero-order valence-corrected chi connectivity index (χ0v) is 21.9. The third-order valence-electron chi connectivity index (χ3n) is 6.07. The van der Waals surface area contributed by atoms with Crippen molar-refractivity contribution in [2.75, 3.05) is 18.8 Å². The lowest BCUT2D eigenvalue weighted by Crippen LogP contribution is -2.18. The van der Waals surface area contributed by atoms with Gasteiger partial charge in [0.2, 0.25) is 0 Å². The van der Waals surface area contributed by atoms with Crippen molar-refractivity contribution in [2.45, 2.75) is 37.3 Å². The molecule has 3 aromatic rings. The predicted molar refractivity (Wildman–Crippen MR) is 146 cm³/mol. The van der Waals surface area contributed by atoms with Gasteiger partial charge in [-0.05, 0) is 62.2 Å². The summed E-state index contributed by atoms with van der Waals surface area (Å²) in [6, 6.07) is 19.2. The summed E-state index contributed by atoms with van der Waals surface area (Å²) in [5.41, 5.74) is 4.25. The lowest BCUT2D eigenvalue weighted by atomic mass is 10.0. The molecule has 2 aromatic carbocycles. The van der Waals surface area contributed by atoms with Crippen molar-refractivity contribution in [2.24, 2.45) is 13.0 Å². The molecule has 9 heteroatoms. The number of carboxylic acids is 2. The molecular formula is C28H34N4O4S. The molecule has 1 aliphatic rings. The summed E-state index contributed by atoms with van der Waals surface area (Å²) in [6.45, 7) is 2.20. The van der Waals surface area contributed by atoms with Gasteiger partial charge >= 0.3 is 11.9 Å². The van der Waals surface area contributed by atoms with Crippen LogP contribution in [0.4, 0.5) is 0 Å². The zero-order valence-electron chi connectivity index (χ0n) is 21.0. The number of fused-ring (bicyclic) bond motifs is 1. The van der Waals surface area contributed by atoms with Gasteiger partial charge in [-0.2, -0.15) is 0 Å². The van der Waals surface area contributed by atoms with E-state index in [4.69, 9.17) is 10.2 Å². The Morgan fingerprint density at radius 1 is 0.946 bits per heavy atom. The van der Waals surface area contributed by atoms with Crippen LogP contribution in [-0.4, -0.2) is 55.8 Å². The maximum Gasteiger partial charge on any atom is 0.328 e. The molecule has 8 nitrogen and oxygen atoms in total. The number of aliphatic carboxylic acids is 2. The highest BCUT2D eigenvalue weighted by Crippen LogP contribution is 2.29. The molecule has 1 aliphatic carbocycles. The standard InChI is InChI=1S/C24H30N4S.C4H4O4/c1-28-23(20-10-3-2-4-11-20)26-27-24(28)29-16-8-15-25-14-7-9-19-17-21-12-5-6-13-22(21)18-19;5-3(6)1-2-4(7)8/h2-6,10-13,19,25H,7-9,14-18H2,1H3;1-2H,(H,5,6)(H,7,8). The summed E-state index contributed by atoms with van der Waals surface area (Å²) in [7, 11) is 2.05. The molecule has 1 heterocycles. The van der Waals surface area contributed by atoms with E-state index in [9.17, 15) is 9.59 Å². The molecule has 0 bridgehead atoms. The van der Waals surface area contributed by atoms with Gasteiger partial charge in [0.25, 0.3) is 0 Å². The van der Waals surface area contributed by atoms with Crippen LogP contribution in [0, 0.1) is 5.92 Å². The predicted octanol–water partition coefficient (Wildman–Crippen LogP) is 4.46. The fraction of sp³-hybridized carbons (Fsp3) is 0.357. The van der Waals surface area contributed by atoms with Gasteiger partial charge in [-0.3, -0.25) is 0 Å². The molecule has 3 N–H and O–H groups in total. The van der Waals surface area contributed by atoms with Crippen molar-refractivity contribution in [3.63, 3.8) is 0 Å². The maximum absolute atomic E-state index is 9.55. The Labute approximate surface area is 221 Å². The van der Waals surface area contributed by atoms with E-state index in [-0.39, 0.29) is 0 Å². The largest absolute Gasteiger partial charge is 0.478 e. The number of thioether (sulfide) groups is 1. The van der Waals surface area contributed by atoms with Gasteiger partial charge in [-0.15, -0.1) is 10.2 Å². The van der Waals surface area contributed by atoms with Crippen LogP contribution in [0.3, 0.4) is 0 Å². The van der Waals surface area contributed by atoms with E-state index in [1.807, 2.05) is 25.2 Å². The van der Waals surface area contributed by atoms with E-state index in [1.54, 1.807) is 22.9 Å². The van der Waals surface area contributed by atoms with Crippen LogP contribution < -0.4 is 5.32 Å². The second-order valence-corrected chi connectivity index (χ2v) is 9.94. The van der Waals surface area contributed by atoms with E-state index in [2.05, 4.69) is 56.5 Å². The number of nitrogens with zero attached hydrogens (tertiary/aromatic N) is 3. The van der Waals surface area contributed by atoms with Crippen LogP contribution in [-0.2, 0) is 29.5 Å². The summed E-state index contributed by atoms with van der Waals surface area (Å²) in [4.78, 5) is 19.1. The summed E-state index contributed by atoms with van der Waals surface area (Å²) in [5.74, 6) is 0.325. The molecule has 4 rings (SSSR count). The fourth-order valence-electron chi connectivity index (χ4n) is 4.28. The number of carboxylic acid groups (broad SMARTS) is 2. The Morgan fingerprint density at radius 3 is 2.16 bits per heavy atom. The Morgan fingerprint density at radius 2 is 1.54 bits per heavy atom. The second-order valence-electron chi connectivity index (χ2n) is 8.88. The van der Waals surface area contributed by atoms with Crippen molar-refractivity contribution in [3.8, 4) is 11.4 Å². The number of hydrogen-bond acceptors (Lipinski definition) is 6. The summed E-state index contributed by atoms with van der Waals surface area (Å²) >= 11 is 1.79. The first-order valence-corrected chi connectivity index (χ1v) is 13.4. The van der Waals surface area contributed by atoms with Crippen LogP contribution in [0.2, 0.25) is 0 Å². The van der Waals surface area contributed by atoms with Gasteiger partial charge in [0.15, 0.2) is 11.0 Å². The van der Waals surface area contributed by atoms with Crippen molar-refractivity contribution >= 4 is 23.7 Å². The molecule has 0 saturated carbocycles. The Bertz CT molecular complexity index is 1140. The Balaban J connectivity index is 0.000000414. The lowest BCUT2D eigenvalue weighted by molar-refractivity contribution is -0.134. The van der Waals surface area contributed by atoms with Crippen LogP contribution >= 0.6 is 11.8 Å². The number of carbonyl (C=O) groups is 2. The molecule has 196 valence electrons. The number of aromatic nitrogens is 3. The molecule has 0 atom stereocenters. The van der Waals surface area contributed by atoms with Crippen LogP contribution in [0.25, 0.3) is 11.4 Å². The van der Waals surface area contributed by atoms with Crippen LogP contribution in [0.1, 0.15) is 30.4 Å². The van der Waals surface area contributed by atoms with E-state index < -0.39 is 11.9 Å². The highest BCUT2D eigenvalue weighted by Gasteiger charge is 2.20. The minimum absolute atomic E-state index is 0.558. The highest BCUT2D eigenvalue weighted by atomic mass is 32.2. The van der Waals surface area contributed by atoms with Gasteiger partial charge in [0.1, 0.15) is 0 Å². The first-order valence-electron chi connectivity index (χ1n) is 12.4. The van der Waals surface area contributed by atoms with Crippen molar-refractivity contribution in [3.05, 3.63) is 77.9 Å². The molecular weight excluding hydrogens is 488 g/mol. The molecule has 0 fully saturated rings. The molecule has 37 heavy (non-hydrogen) atoms. The molecule has 0 unspecified atom stereocenters. The normalized spacial score (nSPS) is 12.8. The fourth-order valence-corrected chi connectivity index (χ4v) is 5.13. The molecule has 1 aromatic heterocycles. The van der Waals surface area contributed by atoms with Gasteiger partial charge < -0.3 is 20.1 Å². The number of hydrogen-bond donors (Lipinski definition) is 3. The maximum atomic E-state index is 9.55. The van der Waals surface area contributed by atoms with Crippen molar-refractivity contribution in [1.29, 1.82) is 0 Å². The number of benzene rings is 2. The quantitative estimate of drug-likeness (QED) is 0.181. The van der Waals surface area contributed by atoms with E-state index >= 15 is 0 Å².